The van der Waals surface area contributed by atoms with Crippen molar-refractivity contribution in [3.63, 3.8) is 0 Å². The van der Waals surface area contributed by atoms with Crippen molar-refractivity contribution in [3.8, 4) is 0 Å². The van der Waals surface area contributed by atoms with E-state index in [2.05, 4.69) is 64.9 Å². The van der Waals surface area contributed by atoms with Crippen LogP contribution in [0.5, 0.6) is 0 Å². The van der Waals surface area contributed by atoms with Crippen LogP contribution in [0.4, 0.5) is 5.69 Å². The molecule has 1 N–H and O–H groups in total. The highest BCUT2D eigenvalue weighted by Gasteiger charge is 2.18. The molecule has 0 bridgehead atoms. The maximum atomic E-state index is 6.49. The van der Waals surface area contributed by atoms with Gasteiger partial charge in [0.2, 0.25) is 0 Å². The Kier molecular flexibility index (Phi) is 6.55. The second-order valence-electron chi connectivity index (χ2n) is 7.44. The van der Waals surface area contributed by atoms with Gasteiger partial charge in [0, 0.05) is 25.2 Å². The fourth-order valence-electron chi connectivity index (χ4n) is 2.52. The van der Waals surface area contributed by atoms with E-state index in [4.69, 9.17) is 11.6 Å². The van der Waals surface area contributed by atoms with E-state index in [0.29, 0.717) is 12.0 Å². The summed E-state index contributed by atoms with van der Waals surface area (Å²) in [6.07, 6.45) is 1.16. The van der Waals surface area contributed by atoms with Crippen molar-refractivity contribution < 1.29 is 0 Å². The summed E-state index contributed by atoms with van der Waals surface area (Å²) in [5.41, 5.74) is 2.52. The van der Waals surface area contributed by atoms with Crippen LogP contribution in [0.2, 0.25) is 5.02 Å². The van der Waals surface area contributed by atoms with Gasteiger partial charge in [-0.1, -0.05) is 37.6 Å². The van der Waals surface area contributed by atoms with E-state index in [1.54, 1.807) is 0 Å². The molecule has 0 spiro atoms. The van der Waals surface area contributed by atoms with Crippen LogP contribution in [0, 0.1) is 5.92 Å². The summed E-state index contributed by atoms with van der Waals surface area (Å²) in [6, 6.07) is 6.65. The molecule has 0 aliphatic rings. The SMILES string of the molecule is CC(C)CC(C)N(C)c1c(Cl)cccc1CNC(C)(C)C. The molecule has 0 saturated carbocycles. The molecule has 0 saturated heterocycles. The Morgan fingerprint density at radius 3 is 2.33 bits per heavy atom. The van der Waals surface area contributed by atoms with E-state index < -0.39 is 0 Å². The molecule has 2 nitrogen and oxygen atoms in total. The molecule has 1 atom stereocenters. The largest absolute Gasteiger partial charge is 0.370 e. The predicted octanol–water partition coefficient (Wildman–Crippen LogP) is 5.10. The molecule has 0 aliphatic carbocycles. The molecular formula is C18H31ClN2. The summed E-state index contributed by atoms with van der Waals surface area (Å²) >= 11 is 6.49. The summed E-state index contributed by atoms with van der Waals surface area (Å²) in [5.74, 6) is 0.682. The van der Waals surface area contributed by atoms with Gasteiger partial charge < -0.3 is 10.2 Å². The molecule has 0 heterocycles. The normalized spacial score (nSPS) is 13.6. The van der Waals surface area contributed by atoms with Gasteiger partial charge in [0.1, 0.15) is 0 Å². The summed E-state index contributed by atoms with van der Waals surface area (Å²) < 4.78 is 0. The zero-order valence-corrected chi connectivity index (χ0v) is 15.4. The molecule has 0 aliphatic heterocycles. The Hall–Kier alpha value is -0.730. The Labute approximate surface area is 135 Å². The fraction of sp³-hybridized carbons (Fsp3) is 0.667. The molecule has 1 unspecified atom stereocenters. The van der Waals surface area contributed by atoms with E-state index in [9.17, 15) is 0 Å². The number of rotatable bonds is 6. The standard InChI is InChI=1S/C18H31ClN2/c1-13(2)11-14(3)21(7)17-15(9-8-10-16(17)19)12-20-18(4,5)6/h8-10,13-14,20H,11-12H2,1-7H3. The molecule has 0 radical (unpaired) electrons. The number of hydrogen-bond acceptors (Lipinski definition) is 2. The molecule has 120 valence electrons. The zero-order chi connectivity index (χ0) is 16.2. The first-order valence-corrected chi connectivity index (χ1v) is 8.25. The van der Waals surface area contributed by atoms with Gasteiger partial charge in [-0.2, -0.15) is 0 Å². The molecule has 0 amide bonds. The summed E-state index contributed by atoms with van der Waals surface area (Å²) in [5, 5.41) is 4.39. The topological polar surface area (TPSA) is 15.3 Å². The lowest BCUT2D eigenvalue weighted by atomic mass is 10.0. The summed E-state index contributed by atoms with van der Waals surface area (Å²) in [6.45, 7) is 14.2. The smallest absolute Gasteiger partial charge is 0.0642 e. The van der Waals surface area contributed by atoms with Crippen LogP contribution in [-0.2, 0) is 6.54 Å². The fourth-order valence-corrected chi connectivity index (χ4v) is 2.85. The maximum Gasteiger partial charge on any atom is 0.0642 e. The first-order valence-electron chi connectivity index (χ1n) is 7.87. The third-order valence-corrected chi connectivity index (χ3v) is 4.01. The molecule has 0 fully saturated rings. The monoisotopic (exact) mass is 310 g/mol. The molecule has 1 aromatic carbocycles. The second kappa shape index (κ2) is 7.51. The minimum Gasteiger partial charge on any atom is -0.370 e. The highest BCUT2D eigenvalue weighted by molar-refractivity contribution is 6.33. The zero-order valence-electron chi connectivity index (χ0n) is 14.6. The lowest BCUT2D eigenvalue weighted by molar-refractivity contribution is 0.424. The Morgan fingerprint density at radius 2 is 1.81 bits per heavy atom. The number of anilines is 1. The van der Waals surface area contributed by atoms with E-state index in [1.807, 2.05) is 12.1 Å². The summed E-state index contributed by atoms with van der Waals surface area (Å²) in [4.78, 5) is 2.32. The number of benzene rings is 1. The number of hydrogen-bond donors (Lipinski definition) is 1. The molecule has 1 rings (SSSR count). The first kappa shape index (κ1) is 18.3. The van der Waals surface area contributed by atoms with Crippen molar-refractivity contribution in [2.24, 2.45) is 5.92 Å². The highest BCUT2D eigenvalue weighted by atomic mass is 35.5. The number of halogens is 1. The minimum absolute atomic E-state index is 0.0989. The average molecular weight is 311 g/mol. The van der Waals surface area contributed by atoms with Crippen LogP contribution in [0.3, 0.4) is 0 Å². The molecule has 0 aromatic heterocycles. The van der Waals surface area contributed by atoms with Crippen LogP contribution in [0.1, 0.15) is 53.5 Å². The second-order valence-corrected chi connectivity index (χ2v) is 7.85. The van der Waals surface area contributed by atoms with Gasteiger partial charge in [-0.3, -0.25) is 0 Å². The van der Waals surface area contributed by atoms with Gasteiger partial charge in [0.25, 0.3) is 0 Å². The Morgan fingerprint density at radius 1 is 1.19 bits per heavy atom. The third-order valence-electron chi connectivity index (χ3n) is 3.71. The molecule has 3 heteroatoms. The number of para-hydroxylation sites is 1. The van der Waals surface area contributed by atoms with Crippen LogP contribution in [0.25, 0.3) is 0 Å². The lowest BCUT2D eigenvalue weighted by Crippen LogP contribution is -2.36. The quantitative estimate of drug-likeness (QED) is 0.786. The van der Waals surface area contributed by atoms with Gasteiger partial charge in [-0.05, 0) is 51.7 Å². The molecule has 21 heavy (non-hydrogen) atoms. The van der Waals surface area contributed by atoms with Crippen LogP contribution in [0.15, 0.2) is 18.2 Å². The van der Waals surface area contributed by atoms with Crippen molar-refractivity contribution in [1.82, 2.24) is 5.32 Å². The average Bonchev–Trinajstić information content (AvgIpc) is 2.33. The van der Waals surface area contributed by atoms with Gasteiger partial charge in [-0.25, -0.2) is 0 Å². The van der Waals surface area contributed by atoms with Crippen molar-refractivity contribution in [1.29, 1.82) is 0 Å². The van der Waals surface area contributed by atoms with Crippen LogP contribution in [-0.4, -0.2) is 18.6 Å². The van der Waals surface area contributed by atoms with Gasteiger partial charge in [-0.15, -0.1) is 0 Å². The van der Waals surface area contributed by atoms with Crippen molar-refractivity contribution in [2.75, 3.05) is 11.9 Å². The first-order chi connectivity index (χ1) is 9.61. The van der Waals surface area contributed by atoms with Gasteiger partial charge in [0.05, 0.1) is 10.7 Å². The van der Waals surface area contributed by atoms with Gasteiger partial charge >= 0.3 is 0 Å². The number of nitrogens with zero attached hydrogens (tertiary/aromatic N) is 1. The molecule has 1 aromatic rings. The van der Waals surface area contributed by atoms with E-state index in [1.165, 1.54) is 5.56 Å². The van der Waals surface area contributed by atoms with E-state index in [0.717, 1.165) is 23.7 Å². The highest BCUT2D eigenvalue weighted by Crippen LogP contribution is 2.31. The predicted molar refractivity (Wildman–Crippen MR) is 95.4 cm³/mol. The third kappa shape index (κ3) is 5.88. The van der Waals surface area contributed by atoms with Gasteiger partial charge in [0.15, 0.2) is 0 Å². The van der Waals surface area contributed by atoms with E-state index >= 15 is 0 Å². The van der Waals surface area contributed by atoms with Crippen molar-refractivity contribution in [2.45, 2.75) is 66.1 Å². The number of nitrogens with one attached hydrogen (secondary N) is 1. The maximum absolute atomic E-state index is 6.49. The Bertz CT molecular complexity index is 449. The minimum atomic E-state index is 0.0989. The van der Waals surface area contributed by atoms with Crippen molar-refractivity contribution >= 4 is 17.3 Å². The molecular weight excluding hydrogens is 280 g/mol. The van der Waals surface area contributed by atoms with E-state index in [-0.39, 0.29) is 5.54 Å². The van der Waals surface area contributed by atoms with Crippen LogP contribution < -0.4 is 10.2 Å². The lowest BCUT2D eigenvalue weighted by Gasteiger charge is -2.32. The Balaban J connectivity index is 2.99. The summed E-state index contributed by atoms with van der Waals surface area (Å²) in [7, 11) is 2.15. The van der Waals surface area contributed by atoms with Crippen LogP contribution >= 0.6 is 11.6 Å². The van der Waals surface area contributed by atoms with Crippen molar-refractivity contribution in [3.05, 3.63) is 28.8 Å².